The summed E-state index contributed by atoms with van der Waals surface area (Å²) in [4.78, 5) is 0. The molecule has 0 aromatic carbocycles. The Balaban J connectivity index is 2.58. The summed E-state index contributed by atoms with van der Waals surface area (Å²) >= 11 is 6.28. The van der Waals surface area contributed by atoms with E-state index < -0.39 is 0 Å². The second-order valence-electron chi connectivity index (χ2n) is 4.32. The molecule has 2 heterocycles. The first-order valence-electron chi connectivity index (χ1n) is 5.96. The third kappa shape index (κ3) is 2.04. The topological polar surface area (TPSA) is 55.9 Å². The van der Waals surface area contributed by atoms with E-state index in [1.807, 2.05) is 20.0 Å². The van der Waals surface area contributed by atoms with Gasteiger partial charge in [0, 0.05) is 18.8 Å². The van der Waals surface area contributed by atoms with Crippen molar-refractivity contribution < 1.29 is 5.11 Å². The number of aliphatic hydroxyl groups excluding tert-OH is 1. The molecule has 2 aromatic rings. The van der Waals surface area contributed by atoms with Crippen LogP contribution in [0.5, 0.6) is 0 Å². The zero-order valence-corrected chi connectivity index (χ0v) is 11.5. The summed E-state index contributed by atoms with van der Waals surface area (Å²) < 4.78 is 3.48. The number of nitrogens with zero attached hydrogens (tertiary/aromatic N) is 4. The molecule has 0 bridgehead atoms. The monoisotopic (exact) mass is 268 g/mol. The third-order valence-corrected chi connectivity index (χ3v) is 3.58. The van der Waals surface area contributed by atoms with E-state index in [-0.39, 0.29) is 12.6 Å². The van der Waals surface area contributed by atoms with Crippen molar-refractivity contribution in [2.75, 3.05) is 0 Å². The zero-order valence-electron chi connectivity index (χ0n) is 10.8. The van der Waals surface area contributed by atoms with Gasteiger partial charge in [0.05, 0.1) is 18.3 Å². The van der Waals surface area contributed by atoms with Gasteiger partial charge in [-0.1, -0.05) is 18.5 Å². The second kappa shape index (κ2) is 5.12. The first kappa shape index (κ1) is 13.1. The van der Waals surface area contributed by atoms with Gasteiger partial charge in [-0.25, -0.2) is 0 Å². The van der Waals surface area contributed by atoms with Gasteiger partial charge in [-0.2, -0.15) is 10.2 Å². The van der Waals surface area contributed by atoms with Crippen LogP contribution in [0.2, 0.25) is 5.15 Å². The van der Waals surface area contributed by atoms with Crippen LogP contribution in [0, 0.1) is 0 Å². The Labute approximate surface area is 111 Å². The van der Waals surface area contributed by atoms with Gasteiger partial charge in [0.25, 0.3) is 0 Å². The second-order valence-corrected chi connectivity index (χ2v) is 4.68. The van der Waals surface area contributed by atoms with Crippen molar-refractivity contribution in [3.8, 4) is 11.4 Å². The van der Waals surface area contributed by atoms with Gasteiger partial charge in [0.15, 0.2) is 0 Å². The van der Waals surface area contributed by atoms with Crippen LogP contribution in [0.15, 0.2) is 12.3 Å². The summed E-state index contributed by atoms with van der Waals surface area (Å²) in [5.41, 5.74) is 2.20. The fourth-order valence-corrected chi connectivity index (χ4v) is 2.22. The summed E-state index contributed by atoms with van der Waals surface area (Å²) in [7, 11) is 1.84. The standard InChI is InChI=1S/C12H17ClN4O/c1-4-8(2)17-12(13)9(7-18)11(15-17)10-5-6-14-16(10)3/h5-6,8,18H,4,7H2,1-3H3. The van der Waals surface area contributed by atoms with Crippen LogP contribution in [0.25, 0.3) is 11.4 Å². The van der Waals surface area contributed by atoms with E-state index in [4.69, 9.17) is 11.6 Å². The van der Waals surface area contributed by atoms with E-state index in [2.05, 4.69) is 17.1 Å². The van der Waals surface area contributed by atoms with Crippen LogP contribution >= 0.6 is 11.6 Å². The number of aliphatic hydroxyl groups is 1. The summed E-state index contributed by atoms with van der Waals surface area (Å²) in [6.07, 6.45) is 2.63. The zero-order chi connectivity index (χ0) is 13.3. The Kier molecular flexibility index (Phi) is 3.73. The van der Waals surface area contributed by atoms with Crippen molar-refractivity contribution in [1.82, 2.24) is 19.6 Å². The Morgan fingerprint density at radius 2 is 2.22 bits per heavy atom. The van der Waals surface area contributed by atoms with Gasteiger partial charge in [-0.15, -0.1) is 0 Å². The minimum absolute atomic E-state index is 0.129. The molecule has 0 radical (unpaired) electrons. The lowest BCUT2D eigenvalue weighted by atomic mass is 10.2. The average molecular weight is 269 g/mol. The van der Waals surface area contributed by atoms with Crippen molar-refractivity contribution in [3.63, 3.8) is 0 Å². The SMILES string of the molecule is CCC(C)n1nc(-c2ccnn2C)c(CO)c1Cl. The summed E-state index contributed by atoms with van der Waals surface area (Å²) in [6.45, 7) is 3.99. The highest BCUT2D eigenvalue weighted by molar-refractivity contribution is 6.30. The smallest absolute Gasteiger partial charge is 0.133 e. The Morgan fingerprint density at radius 3 is 2.72 bits per heavy atom. The lowest BCUT2D eigenvalue weighted by molar-refractivity contribution is 0.282. The van der Waals surface area contributed by atoms with Crippen molar-refractivity contribution in [1.29, 1.82) is 0 Å². The molecular formula is C12H17ClN4O. The van der Waals surface area contributed by atoms with Crippen LogP contribution in [0.1, 0.15) is 31.9 Å². The Bertz CT molecular complexity index is 546. The molecule has 1 atom stereocenters. The van der Waals surface area contributed by atoms with Gasteiger partial charge in [-0.05, 0) is 19.4 Å². The Hall–Kier alpha value is -1.33. The highest BCUT2D eigenvalue weighted by Crippen LogP contribution is 2.31. The van der Waals surface area contributed by atoms with E-state index >= 15 is 0 Å². The molecule has 5 nitrogen and oxygen atoms in total. The van der Waals surface area contributed by atoms with Crippen molar-refractivity contribution in [3.05, 3.63) is 23.0 Å². The molecule has 0 aliphatic heterocycles. The number of halogens is 1. The molecule has 6 heteroatoms. The molecule has 1 unspecified atom stereocenters. The van der Waals surface area contributed by atoms with Crippen molar-refractivity contribution >= 4 is 11.6 Å². The number of hydrogen-bond donors (Lipinski definition) is 1. The molecule has 2 rings (SSSR count). The molecule has 0 spiro atoms. The number of aromatic nitrogens is 4. The van der Waals surface area contributed by atoms with Gasteiger partial charge in [0.1, 0.15) is 10.8 Å². The summed E-state index contributed by atoms with van der Waals surface area (Å²) in [5.74, 6) is 0. The lowest BCUT2D eigenvalue weighted by Crippen LogP contribution is -2.06. The average Bonchev–Trinajstić information content (AvgIpc) is 2.91. The van der Waals surface area contributed by atoms with E-state index in [1.165, 1.54) is 0 Å². The number of aryl methyl sites for hydroxylation is 1. The number of rotatable bonds is 4. The summed E-state index contributed by atoms with van der Waals surface area (Å²) in [5, 5.41) is 18.6. The van der Waals surface area contributed by atoms with Crippen LogP contribution in [-0.4, -0.2) is 24.7 Å². The molecule has 0 amide bonds. The molecule has 2 aromatic heterocycles. The van der Waals surface area contributed by atoms with Crippen LogP contribution in [-0.2, 0) is 13.7 Å². The Morgan fingerprint density at radius 1 is 1.50 bits per heavy atom. The van der Waals surface area contributed by atoms with Gasteiger partial charge < -0.3 is 5.11 Å². The first-order valence-corrected chi connectivity index (χ1v) is 6.34. The maximum absolute atomic E-state index is 9.49. The molecule has 0 aliphatic rings. The van der Waals surface area contributed by atoms with Gasteiger partial charge in [0.2, 0.25) is 0 Å². The van der Waals surface area contributed by atoms with E-state index in [0.29, 0.717) is 16.4 Å². The van der Waals surface area contributed by atoms with Gasteiger partial charge >= 0.3 is 0 Å². The van der Waals surface area contributed by atoms with E-state index in [1.54, 1.807) is 15.6 Å². The van der Waals surface area contributed by atoms with Crippen molar-refractivity contribution in [2.45, 2.75) is 32.9 Å². The van der Waals surface area contributed by atoms with Gasteiger partial charge in [-0.3, -0.25) is 9.36 Å². The molecular weight excluding hydrogens is 252 g/mol. The van der Waals surface area contributed by atoms with Crippen LogP contribution in [0.4, 0.5) is 0 Å². The van der Waals surface area contributed by atoms with Crippen molar-refractivity contribution in [2.24, 2.45) is 7.05 Å². The predicted octanol–water partition coefficient (Wildman–Crippen LogP) is 2.40. The number of hydrogen-bond acceptors (Lipinski definition) is 3. The lowest BCUT2D eigenvalue weighted by Gasteiger charge is -2.10. The molecule has 0 aliphatic carbocycles. The molecule has 0 fully saturated rings. The molecule has 98 valence electrons. The third-order valence-electron chi connectivity index (χ3n) is 3.17. The molecule has 0 saturated carbocycles. The molecule has 1 N–H and O–H groups in total. The molecule has 18 heavy (non-hydrogen) atoms. The van der Waals surface area contributed by atoms with E-state index in [9.17, 15) is 5.11 Å². The fourth-order valence-electron chi connectivity index (χ4n) is 1.87. The predicted molar refractivity (Wildman–Crippen MR) is 70.4 cm³/mol. The maximum atomic E-state index is 9.49. The quantitative estimate of drug-likeness (QED) is 0.926. The molecule has 0 saturated heterocycles. The highest BCUT2D eigenvalue weighted by Gasteiger charge is 2.21. The van der Waals surface area contributed by atoms with Crippen LogP contribution in [0.3, 0.4) is 0 Å². The fraction of sp³-hybridized carbons (Fsp3) is 0.500. The largest absolute Gasteiger partial charge is 0.391 e. The normalized spacial score (nSPS) is 12.9. The highest BCUT2D eigenvalue weighted by atomic mass is 35.5. The van der Waals surface area contributed by atoms with Crippen LogP contribution < -0.4 is 0 Å². The minimum Gasteiger partial charge on any atom is -0.391 e. The summed E-state index contributed by atoms with van der Waals surface area (Å²) in [6, 6.07) is 2.06. The first-order chi connectivity index (χ1) is 8.60. The van der Waals surface area contributed by atoms with E-state index in [0.717, 1.165) is 12.1 Å². The maximum Gasteiger partial charge on any atom is 0.133 e. The minimum atomic E-state index is -0.129.